The Labute approximate surface area is 515 Å². The molecule has 0 heterocycles. The van der Waals surface area contributed by atoms with Crippen LogP contribution in [-0.4, -0.2) is 37.2 Å². The van der Waals surface area contributed by atoms with Gasteiger partial charge in [-0.3, -0.25) is 14.4 Å². The third-order valence-electron chi connectivity index (χ3n) is 15.6. The summed E-state index contributed by atoms with van der Waals surface area (Å²) >= 11 is 0. The molecule has 0 N–H and O–H groups in total. The van der Waals surface area contributed by atoms with Crippen LogP contribution in [0.2, 0.25) is 0 Å². The maximum atomic E-state index is 13.0. The van der Waals surface area contributed by atoms with Crippen molar-refractivity contribution in [2.45, 2.75) is 361 Å². The van der Waals surface area contributed by atoms with Crippen LogP contribution in [0.15, 0.2) is 97.2 Å². The van der Waals surface area contributed by atoms with Crippen molar-refractivity contribution in [1.29, 1.82) is 0 Å². The number of rotatable bonds is 65. The minimum atomic E-state index is -0.783. The molecule has 0 aromatic heterocycles. The van der Waals surface area contributed by atoms with Gasteiger partial charge in [-0.25, -0.2) is 0 Å². The van der Waals surface area contributed by atoms with Crippen LogP contribution >= 0.6 is 0 Å². The van der Waals surface area contributed by atoms with Gasteiger partial charge in [-0.1, -0.05) is 336 Å². The molecule has 0 aliphatic carbocycles. The van der Waals surface area contributed by atoms with E-state index in [1.165, 1.54) is 193 Å². The number of esters is 3. The number of allylic oxidation sites excluding steroid dienone is 16. The van der Waals surface area contributed by atoms with E-state index in [1.54, 1.807) is 0 Å². The van der Waals surface area contributed by atoms with Crippen LogP contribution in [0.1, 0.15) is 355 Å². The number of ether oxygens (including phenoxy) is 3. The van der Waals surface area contributed by atoms with Gasteiger partial charge < -0.3 is 14.2 Å². The molecule has 0 amide bonds. The summed E-state index contributed by atoms with van der Waals surface area (Å²) in [4.78, 5) is 38.4. The van der Waals surface area contributed by atoms with Crippen molar-refractivity contribution in [3.05, 3.63) is 97.2 Å². The lowest BCUT2D eigenvalue weighted by Crippen LogP contribution is -2.30. The van der Waals surface area contributed by atoms with E-state index in [2.05, 4.69) is 118 Å². The van der Waals surface area contributed by atoms with Gasteiger partial charge >= 0.3 is 17.9 Å². The molecule has 0 spiro atoms. The molecule has 6 nitrogen and oxygen atoms in total. The molecule has 0 saturated carbocycles. The summed E-state index contributed by atoms with van der Waals surface area (Å²) in [6.07, 6.45) is 95.8. The van der Waals surface area contributed by atoms with E-state index < -0.39 is 6.10 Å². The Morgan fingerprint density at radius 1 is 0.253 bits per heavy atom. The first-order valence-corrected chi connectivity index (χ1v) is 35.7. The molecule has 1 unspecified atom stereocenters. The predicted molar refractivity (Wildman–Crippen MR) is 362 cm³/mol. The lowest BCUT2D eigenvalue weighted by Gasteiger charge is -2.18. The van der Waals surface area contributed by atoms with E-state index in [9.17, 15) is 14.4 Å². The molecule has 1 atom stereocenters. The average molecular weight is 1160 g/mol. The lowest BCUT2D eigenvalue weighted by molar-refractivity contribution is -0.167. The third-order valence-corrected chi connectivity index (χ3v) is 15.6. The first kappa shape index (κ1) is 79.3. The summed E-state index contributed by atoms with van der Waals surface area (Å²) < 4.78 is 17.0. The fourth-order valence-electron chi connectivity index (χ4n) is 10.3. The summed E-state index contributed by atoms with van der Waals surface area (Å²) in [5.74, 6) is -0.877. The highest BCUT2D eigenvalue weighted by Gasteiger charge is 2.19. The molecule has 83 heavy (non-hydrogen) atoms. The molecule has 0 aromatic carbocycles. The SMILES string of the molecule is CC/C=C\C/C=C\C/C=C\C/C=C\C/C=C\C/C=C\CCCCCCCCCCCCCCC(=O)OCC(COC(=O)CCCCCCC/C=C\C/C=C\CCC)OC(=O)CCCCCCCCCCCCCCCCCCCCCCC. The number of hydrogen-bond donors (Lipinski definition) is 0. The summed E-state index contributed by atoms with van der Waals surface area (Å²) in [5.41, 5.74) is 0. The van der Waals surface area contributed by atoms with Gasteiger partial charge in [0.15, 0.2) is 6.10 Å². The molecule has 0 bridgehead atoms. The Balaban J connectivity index is 4.24. The van der Waals surface area contributed by atoms with Crippen LogP contribution in [-0.2, 0) is 28.6 Å². The molecule has 0 saturated heterocycles. The monoisotopic (exact) mass is 1160 g/mol. The van der Waals surface area contributed by atoms with E-state index in [1.807, 2.05) is 0 Å². The first-order valence-electron chi connectivity index (χ1n) is 35.7. The average Bonchev–Trinajstić information content (AvgIpc) is 3.49. The molecule has 0 fully saturated rings. The molecule has 0 aliphatic heterocycles. The zero-order chi connectivity index (χ0) is 59.9. The van der Waals surface area contributed by atoms with Gasteiger partial charge in [-0.15, -0.1) is 0 Å². The van der Waals surface area contributed by atoms with Crippen molar-refractivity contribution in [1.82, 2.24) is 0 Å². The van der Waals surface area contributed by atoms with E-state index in [4.69, 9.17) is 14.2 Å². The Kier molecular flexibility index (Phi) is 67.7. The second-order valence-electron chi connectivity index (χ2n) is 23.8. The number of carbonyl (C=O) groups is 3. The number of hydrogen-bond acceptors (Lipinski definition) is 6. The van der Waals surface area contributed by atoms with Gasteiger partial charge in [-0.05, 0) is 96.3 Å². The van der Waals surface area contributed by atoms with Crippen molar-refractivity contribution in [3.8, 4) is 0 Å². The van der Waals surface area contributed by atoms with Gasteiger partial charge in [0.25, 0.3) is 0 Å². The molecular formula is C77H134O6. The second-order valence-corrected chi connectivity index (χ2v) is 23.8. The van der Waals surface area contributed by atoms with Crippen LogP contribution < -0.4 is 0 Å². The highest BCUT2D eigenvalue weighted by Crippen LogP contribution is 2.18. The topological polar surface area (TPSA) is 78.9 Å². The van der Waals surface area contributed by atoms with Crippen LogP contribution in [0, 0.1) is 0 Å². The van der Waals surface area contributed by atoms with Crippen molar-refractivity contribution in [3.63, 3.8) is 0 Å². The Morgan fingerprint density at radius 2 is 0.494 bits per heavy atom. The summed E-state index contributed by atoms with van der Waals surface area (Å²) in [6.45, 7) is 6.50. The van der Waals surface area contributed by atoms with E-state index in [-0.39, 0.29) is 31.1 Å². The van der Waals surface area contributed by atoms with Crippen molar-refractivity contribution < 1.29 is 28.6 Å². The second kappa shape index (κ2) is 70.8. The molecular weight excluding hydrogens is 1020 g/mol. The molecule has 478 valence electrons. The molecule has 6 heteroatoms. The van der Waals surface area contributed by atoms with Crippen molar-refractivity contribution in [2.24, 2.45) is 0 Å². The minimum absolute atomic E-state index is 0.0793. The molecule has 0 aromatic rings. The highest BCUT2D eigenvalue weighted by molar-refractivity contribution is 5.71. The van der Waals surface area contributed by atoms with Crippen molar-refractivity contribution >= 4 is 17.9 Å². The van der Waals surface area contributed by atoms with Gasteiger partial charge in [0.05, 0.1) is 0 Å². The zero-order valence-corrected chi connectivity index (χ0v) is 54.9. The molecule has 0 aliphatic rings. The number of unbranched alkanes of at least 4 members (excludes halogenated alkanes) is 38. The standard InChI is InChI=1S/C77H134O6/c1-4-7-10-13-16-19-22-25-27-29-31-33-34-35-36-37-38-39-40-41-42-44-45-47-49-52-55-58-61-64-67-70-76(79)82-73-74(72-81-75(78)69-66-63-60-57-54-51-24-21-18-15-12-9-6-3)83-77(80)71-68-65-62-59-56-53-50-48-46-43-32-30-28-26-23-20-17-14-11-8-5-2/h7,10,12,15-16,19,21,24-25,27,31,33,35-36,38-39,74H,4-6,8-9,11,13-14,17-18,20,22-23,26,28-30,32,34,37,40-73H2,1-3H3/b10-7-,15-12-,19-16-,24-21-,27-25-,33-31-,36-35-,39-38-. The minimum Gasteiger partial charge on any atom is -0.462 e. The van der Waals surface area contributed by atoms with Gasteiger partial charge in [0.2, 0.25) is 0 Å². The Hall–Kier alpha value is -3.67. The first-order chi connectivity index (χ1) is 41.0. The van der Waals surface area contributed by atoms with Crippen LogP contribution in [0.5, 0.6) is 0 Å². The maximum absolute atomic E-state index is 13.0. The zero-order valence-electron chi connectivity index (χ0n) is 54.9. The summed E-state index contributed by atoms with van der Waals surface area (Å²) in [7, 11) is 0. The predicted octanol–water partition coefficient (Wildman–Crippen LogP) is 24.8. The van der Waals surface area contributed by atoms with Crippen LogP contribution in [0.4, 0.5) is 0 Å². The normalized spacial score (nSPS) is 12.7. The molecule has 0 radical (unpaired) electrons. The highest BCUT2D eigenvalue weighted by atomic mass is 16.6. The van der Waals surface area contributed by atoms with Crippen molar-refractivity contribution in [2.75, 3.05) is 13.2 Å². The van der Waals surface area contributed by atoms with E-state index in [0.717, 1.165) is 122 Å². The van der Waals surface area contributed by atoms with E-state index >= 15 is 0 Å². The molecule has 0 rings (SSSR count). The van der Waals surface area contributed by atoms with Crippen LogP contribution in [0.3, 0.4) is 0 Å². The van der Waals surface area contributed by atoms with E-state index in [0.29, 0.717) is 19.3 Å². The smallest absolute Gasteiger partial charge is 0.306 e. The quantitative estimate of drug-likeness (QED) is 0.0261. The third kappa shape index (κ3) is 69.0. The fraction of sp³-hybridized carbons (Fsp3) is 0.753. The van der Waals surface area contributed by atoms with Gasteiger partial charge in [0, 0.05) is 19.3 Å². The van der Waals surface area contributed by atoms with Crippen LogP contribution in [0.25, 0.3) is 0 Å². The summed E-state index contributed by atoms with van der Waals surface area (Å²) in [5, 5.41) is 0. The number of carbonyl (C=O) groups excluding carboxylic acids is 3. The fourth-order valence-corrected chi connectivity index (χ4v) is 10.3. The Morgan fingerprint density at radius 3 is 0.783 bits per heavy atom. The maximum Gasteiger partial charge on any atom is 0.306 e. The summed E-state index contributed by atoms with van der Waals surface area (Å²) in [6, 6.07) is 0. The lowest BCUT2D eigenvalue weighted by atomic mass is 10.0. The Bertz CT molecular complexity index is 1610. The van der Waals surface area contributed by atoms with Gasteiger partial charge in [-0.2, -0.15) is 0 Å². The van der Waals surface area contributed by atoms with Gasteiger partial charge in [0.1, 0.15) is 13.2 Å². The largest absolute Gasteiger partial charge is 0.462 e.